The Morgan fingerprint density at radius 2 is 1.95 bits per heavy atom. The van der Waals surface area contributed by atoms with E-state index in [0.717, 1.165) is 22.3 Å². The summed E-state index contributed by atoms with van der Waals surface area (Å²) in [4.78, 5) is 2.36. The molecule has 0 aliphatic heterocycles. The molecule has 0 spiro atoms. The predicted molar refractivity (Wildman–Crippen MR) is 91.7 cm³/mol. The molecule has 0 saturated heterocycles. The van der Waals surface area contributed by atoms with Gasteiger partial charge in [0.2, 0.25) is 0 Å². The van der Waals surface area contributed by atoms with Gasteiger partial charge in [-0.15, -0.1) is 0 Å². The molecule has 1 atom stereocenters. The van der Waals surface area contributed by atoms with Crippen LogP contribution >= 0.6 is 39.3 Å². The van der Waals surface area contributed by atoms with Gasteiger partial charge in [0.25, 0.3) is 0 Å². The van der Waals surface area contributed by atoms with Crippen molar-refractivity contribution in [3.8, 4) is 0 Å². The zero-order chi connectivity index (χ0) is 14.5. The van der Waals surface area contributed by atoms with Crippen molar-refractivity contribution in [2.75, 3.05) is 0 Å². The van der Waals surface area contributed by atoms with Gasteiger partial charge in [-0.3, -0.25) is 0 Å². The third-order valence-electron chi connectivity index (χ3n) is 3.09. The second-order valence-corrected chi connectivity index (χ2v) is 7.03. The number of hydrogen-bond donors (Lipinski definition) is 1. The van der Waals surface area contributed by atoms with Crippen molar-refractivity contribution < 1.29 is 0 Å². The Morgan fingerprint density at radius 1 is 1.20 bits per heavy atom. The van der Waals surface area contributed by atoms with Crippen LogP contribution in [-0.4, -0.2) is 6.04 Å². The summed E-state index contributed by atoms with van der Waals surface area (Å²) in [5.41, 5.74) is 7.34. The minimum atomic E-state index is 0.190. The fraction of sp³-hybridized carbons (Fsp3) is 0.250. The van der Waals surface area contributed by atoms with Gasteiger partial charge in [0.15, 0.2) is 0 Å². The SMILES string of the molecule is CCC(N)Cc1ccc(Cl)cc1Sc1ccccc1Br. The molecule has 1 nitrogen and oxygen atoms in total. The van der Waals surface area contributed by atoms with Crippen molar-refractivity contribution in [2.45, 2.75) is 35.6 Å². The van der Waals surface area contributed by atoms with Gasteiger partial charge in [-0.2, -0.15) is 0 Å². The molecule has 2 rings (SSSR count). The van der Waals surface area contributed by atoms with Crippen LogP contribution in [0.4, 0.5) is 0 Å². The zero-order valence-corrected chi connectivity index (χ0v) is 14.4. The molecule has 2 N–H and O–H groups in total. The van der Waals surface area contributed by atoms with E-state index in [-0.39, 0.29) is 6.04 Å². The van der Waals surface area contributed by atoms with Gasteiger partial charge in [0.1, 0.15) is 0 Å². The summed E-state index contributed by atoms with van der Waals surface area (Å²) in [6.07, 6.45) is 1.85. The highest BCUT2D eigenvalue weighted by Gasteiger charge is 2.10. The van der Waals surface area contributed by atoms with Crippen molar-refractivity contribution in [3.63, 3.8) is 0 Å². The molecule has 1 unspecified atom stereocenters. The lowest BCUT2D eigenvalue weighted by Gasteiger charge is -2.14. The van der Waals surface area contributed by atoms with E-state index in [1.807, 2.05) is 30.3 Å². The smallest absolute Gasteiger partial charge is 0.0417 e. The fourth-order valence-corrected chi connectivity index (χ4v) is 3.65. The standard InChI is InChI=1S/C16H17BrClNS/c1-2-13(19)9-11-7-8-12(18)10-16(11)20-15-6-4-3-5-14(15)17/h3-8,10,13H,2,9,19H2,1H3. The third kappa shape index (κ3) is 4.26. The Bertz CT molecular complexity index is 588. The Morgan fingerprint density at radius 3 is 2.65 bits per heavy atom. The lowest BCUT2D eigenvalue weighted by Crippen LogP contribution is -2.21. The monoisotopic (exact) mass is 369 g/mol. The number of rotatable bonds is 5. The second-order valence-electron chi connectivity index (χ2n) is 4.66. The van der Waals surface area contributed by atoms with E-state index in [1.165, 1.54) is 15.4 Å². The molecule has 0 saturated carbocycles. The molecule has 0 bridgehead atoms. The lowest BCUT2D eigenvalue weighted by atomic mass is 10.1. The molecule has 20 heavy (non-hydrogen) atoms. The van der Waals surface area contributed by atoms with Crippen LogP contribution in [0.5, 0.6) is 0 Å². The first-order valence-corrected chi connectivity index (χ1v) is 8.55. The summed E-state index contributed by atoms with van der Waals surface area (Å²) in [6.45, 7) is 2.11. The Balaban J connectivity index is 2.30. The first-order chi connectivity index (χ1) is 9.60. The van der Waals surface area contributed by atoms with Crippen LogP contribution in [-0.2, 0) is 6.42 Å². The lowest BCUT2D eigenvalue weighted by molar-refractivity contribution is 0.641. The summed E-state index contributed by atoms with van der Waals surface area (Å²) >= 11 is 11.4. The van der Waals surface area contributed by atoms with Gasteiger partial charge >= 0.3 is 0 Å². The highest BCUT2D eigenvalue weighted by atomic mass is 79.9. The Labute approximate surface area is 138 Å². The predicted octanol–water partition coefficient (Wildman–Crippen LogP) is 5.53. The van der Waals surface area contributed by atoms with E-state index in [1.54, 1.807) is 11.8 Å². The van der Waals surface area contributed by atoms with Gasteiger partial charge in [-0.25, -0.2) is 0 Å². The number of nitrogens with two attached hydrogens (primary N) is 1. The molecule has 0 aromatic heterocycles. The van der Waals surface area contributed by atoms with E-state index in [2.05, 4.69) is 35.0 Å². The van der Waals surface area contributed by atoms with Crippen LogP contribution in [0.15, 0.2) is 56.7 Å². The summed E-state index contributed by atoms with van der Waals surface area (Å²) < 4.78 is 1.09. The van der Waals surface area contributed by atoms with E-state index in [4.69, 9.17) is 17.3 Å². The maximum absolute atomic E-state index is 6.14. The van der Waals surface area contributed by atoms with Crippen LogP contribution in [0.3, 0.4) is 0 Å². The summed E-state index contributed by atoms with van der Waals surface area (Å²) in [7, 11) is 0. The van der Waals surface area contributed by atoms with Crippen LogP contribution < -0.4 is 5.73 Å². The minimum Gasteiger partial charge on any atom is -0.327 e. The van der Waals surface area contributed by atoms with E-state index in [0.29, 0.717) is 0 Å². The van der Waals surface area contributed by atoms with Crippen molar-refractivity contribution >= 4 is 39.3 Å². The van der Waals surface area contributed by atoms with Crippen molar-refractivity contribution in [2.24, 2.45) is 5.73 Å². The number of hydrogen-bond acceptors (Lipinski definition) is 2. The average Bonchev–Trinajstić information content (AvgIpc) is 2.44. The molecule has 2 aromatic rings. The molecule has 2 aromatic carbocycles. The second kappa shape index (κ2) is 7.51. The van der Waals surface area contributed by atoms with Crippen LogP contribution in [0.25, 0.3) is 0 Å². The molecule has 0 fully saturated rings. The van der Waals surface area contributed by atoms with Gasteiger partial charge in [0.05, 0.1) is 0 Å². The number of halogens is 2. The zero-order valence-electron chi connectivity index (χ0n) is 11.3. The largest absolute Gasteiger partial charge is 0.327 e. The molecule has 0 aliphatic rings. The first-order valence-electron chi connectivity index (χ1n) is 6.56. The number of benzene rings is 2. The van der Waals surface area contributed by atoms with Gasteiger partial charge in [0, 0.05) is 25.3 Å². The Kier molecular flexibility index (Phi) is 5.97. The van der Waals surface area contributed by atoms with Gasteiger partial charge < -0.3 is 5.73 Å². The maximum atomic E-state index is 6.14. The molecule has 0 amide bonds. The highest BCUT2D eigenvalue weighted by Crippen LogP contribution is 2.36. The maximum Gasteiger partial charge on any atom is 0.0417 e. The molecule has 0 aliphatic carbocycles. The normalized spacial score (nSPS) is 12.4. The third-order valence-corrected chi connectivity index (χ3v) is 5.46. The van der Waals surface area contributed by atoms with E-state index in [9.17, 15) is 0 Å². The van der Waals surface area contributed by atoms with Gasteiger partial charge in [-0.1, -0.05) is 48.5 Å². The highest BCUT2D eigenvalue weighted by molar-refractivity contribution is 9.10. The van der Waals surface area contributed by atoms with Crippen LogP contribution in [0, 0.1) is 0 Å². The summed E-state index contributed by atoms with van der Waals surface area (Å²) in [5.74, 6) is 0. The summed E-state index contributed by atoms with van der Waals surface area (Å²) in [5, 5.41) is 0.758. The van der Waals surface area contributed by atoms with E-state index < -0.39 is 0 Å². The molecule has 106 valence electrons. The molecular formula is C16H17BrClNS. The molecule has 0 radical (unpaired) electrons. The molecule has 0 heterocycles. The molecule has 4 heteroatoms. The van der Waals surface area contributed by atoms with Crippen molar-refractivity contribution in [1.82, 2.24) is 0 Å². The Hall–Kier alpha value is -0.480. The summed E-state index contributed by atoms with van der Waals surface area (Å²) in [6, 6.07) is 14.4. The van der Waals surface area contributed by atoms with E-state index >= 15 is 0 Å². The average molecular weight is 371 g/mol. The fourth-order valence-electron chi connectivity index (χ4n) is 1.86. The van der Waals surface area contributed by atoms with Gasteiger partial charge in [-0.05, 0) is 58.6 Å². The minimum absolute atomic E-state index is 0.190. The topological polar surface area (TPSA) is 26.0 Å². The van der Waals surface area contributed by atoms with Crippen LogP contribution in [0.2, 0.25) is 5.02 Å². The first kappa shape index (κ1) is 15.9. The van der Waals surface area contributed by atoms with Crippen LogP contribution in [0.1, 0.15) is 18.9 Å². The van der Waals surface area contributed by atoms with Crippen molar-refractivity contribution in [1.29, 1.82) is 0 Å². The quantitative estimate of drug-likeness (QED) is 0.748. The van der Waals surface area contributed by atoms with Crippen molar-refractivity contribution in [3.05, 3.63) is 57.5 Å². The molecular weight excluding hydrogens is 354 g/mol.